The van der Waals surface area contributed by atoms with E-state index in [1.54, 1.807) is 11.3 Å². The third-order valence-electron chi connectivity index (χ3n) is 4.55. The fraction of sp³-hybridized carbons (Fsp3) is 0.409. The van der Waals surface area contributed by atoms with Gasteiger partial charge in [0.2, 0.25) is 5.91 Å². The molecule has 2 aromatic heterocycles. The standard InChI is InChI=1S/C22H28N4OS2/c1-4-7-19-13-17(14-28-19)21-24-25-22(26(21)12-5-2)29-15-20(27)23-18-10-8-16(6-3)9-11-18/h8-11,13-14H,4-7,12,15H2,1-3H3,(H,23,27). The molecule has 5 nitrogen and oxygen atoms in total. The molecule has 0 spiro atoms. The molecule has 3 aromatic rings. The normalized spacial score (nSPS) is 11.0. The summed E-state index contributed by atoms with van der Waals surface area (Å²) in [5.74, 6) is 1.17. The molecule has 2 heterocycles. The van der Waals surface area contributed by atoms with Crippen molar-refractivity contribution in [1.29, 1.82) is 0 Å². The third-order valence-corrected chi connectivity index (χ3v) is 6.51. The van der Waals surface area contributed by atoms with Crippen LogP contribution in [0, 0.1) is 0 Å². The van der Waals surface area contributed by atoms with Crippen molar-refractivity contribution >= 4 is 34.7 Å². The fourth-order valence-electron chi connectivity index (χ4n) is 3.06. The number of thioether (sulfide) groups is 1. The van der Waals surface area contributed by atoms with Crippen LogP contribution >= 0.6 is 23.1 Å². The first-order chi connectivity index (χ1) is 14.1. The van der Waals surface area contributed by atoms with Crippen LogP contribution in [0.25, 0.3) is 11.4 Å². The van der Waals surface area contributed by atoms with E-state index in [-0.39, 0.29) is 5.91 Å². The topological polar surface area (TPSA) is 59.8 Å². The van der Waals surface area contributed by atoms with E-state index in [2.05, 4.69) is 52.3 Å². The number of carbonyl (C=O) groups is 1. The second kappa shape index (κ2) is 10.6. The Morgan fingerprint density at radius 3 is 2.62 bits per heavy atom. The van der Waals surface area contributed by atoms with E-state index in [0.29, 0.717) is 5.75 Å². The molecule has 1 N–H and O–H groups in total. The molecule has 0 aliphatic heterocycles. The zero-order valence-electron chi connectivity index (χ0n) is 17.3. The van der Waals surface area contributed by atoms with Crippen molar-refractivity contribution in [2.75, 3.05) is 11.1 Å². The van der Waals surface area contributed by atoms with Crippen LogP contribution in [0.1, 0.15) is 44.1 Å². The second-order valence-electron chi connectivity index (χ2n) is 6.90. The number of aromatic nitrogens is 3. The molecular weight excluding hydrogens is 400 g/mol. The highest BCUT2D eigenvalue weighted by Crippen LogP contribution is 2.28. The van der Waals surface area contributed by atoms with Gasteiger partial charge in [0.05, 0.1) is 5.75 Å². The summed E-state index contributed by atoms with van der Waals surface area (Å²) < 4.78 is 2.13. The summed E-state index contributed by atoms with van der Waals surface area (Å²) >= 11 is 3.21. The first kappa shape index (κ1) is 21.6. The number of nitrogens with zero attached hydrogens (tertiary/aromatic N) is 3. The average molecular weight is 429 g/mol. The van der Waals surface area contributed by atoms with Crippen LogP contribution in [-0.4, -0.2) is 26.4 Å². The van der Waals surface area contributed by atoms with Gasteiger partial charge >= 0.3 is 0 Å². The number of hydrogen-bond donors (Lipinski definition) is 1. The van der Waals surface area contributed by atoms with Gasteiger partial charge in [0, 0.05) is 28.1 Å². The van der Waals surface area contributed by atoms with Crippen LogP contribution in [0.3, 0.4) is 0 Å². The van der Waals surface area contributed by atoms with E-state index < -0.39 is 0 Å². The maximum absolute atomic E-state index is 12.4. The molecule has 0 saturated carbocycles. The van der Waals surface area contributed by atoms with Gasteiger partial charge in [-0.1, -0.05) is 51.1 Å². The number of hydrogen-bond acceptors (Lipinski definition) is 5. The number of aryl methyl sites for hydroxylation is 2. The largest absolute Gasteiger partial charge is 0.325 e. The van der Waals surface area contributed by atoms with Gasteiger partial charge in [-0.15, -0.1) is 21.5 Å². The van der Waals surface area contributed by atoms with Crippen LogP contribution in [0.15, 0.2) is 40.9 Å². The lowest BCUT2D eigenvalue weighted by molar-refractivity contribution is -0.113. The fourth-order valence-corrected chi connectivity index (χ4v) is 4.79. The molecule has 3 rings (SSSR count). The van der Waals surface area contributed by atoms with Crippen molar-refractivity contribution in [3.8, 4) is 11.4 Å². The smallest absolute Gasteiger partial charge is 0.234 e. The Morgan fingerprint density at radius 2 is 1.93 bits per heavy atom. The third kappa shape index (κ3) is 5.70. The number of benzene rings is 1. The zero-order valence-corrected chi connectivity index (χ0v) is 18.9. The van der Waals surface area contributed by atoms with Gasteiger partial charge in [-0.2, -0.15) is 0 Å². The predicted molar refractivity (Wildman–Crippen MR) is 123 cm³/mol. The molecule has 0 atom stereocenters. The van der Waals surface area contributed by atoms with E-state index in [4.69, 9.17) is 0 Å². The summed E-state index contributed by atoms with van der Waals surface area (Å²) in [5, 5.41) is 14.7. The van der Waals surface area contributed by atoms with Gasteiger partial charge in [-0.05, 0) is 43.0 Å². The van der Waals surface area contributed by atoms with Crippen LogP contribution in [0.4, 0.5) is 5.69 Å². The number of nitrogens with one attached hydrogen (secondary N) is 1. The molecule has 0 aliphatic rings. The molecule has 0 unspecified atom stereocenters. The van der Waals surface area contributed by atoms with Crippen molar-refractivity contribution in [2.45, 2.75) is 58.2 Å². The molecule has 0 fully saturated rings. The zero-order chi connectivity index (χ0) is 20.6. The lowest BCUT2D eigenvalue weighted by Crippen LogP contribution is -2.14. The van der Waals surface area contributed by atoms with Gasteiger partial charge in [0.1, 0.15) is 0 Å². The van der Waals surface area contributed by atoms with E-state index in [0.717, 1.165) is 54.5 Å². The average Bonchev–Trinajstić information content (AvgIpc) is 3.34. The van der Waals surface area contributed by atoms with Gasteiger partial charge in [0.25, 0.3) is 0 Å². The maximum atomic E-state index is 12.4. The summed E-state index contributed by atoms with van der Waals surface area (Å²) in [6.45, 7) is 7.29. The van der Waals surface area contributed by atoms with Crippen LogP contribution < -0.4 is 5.32 Å². The van der Waals surface area contributed by atoms with Gasteiger partial charge in [-0.3, -0.25) is 4.79 Å². The van der Waals surface area contributed by atoms with Crippen LogP contribution in [0.5, 0.6) is 0 Å². The number of anilines is 1. The van der Waals surface area contributed by atoms with E-state index in [1.807, 2.05) is 24.3 Å². The number of amides is 1. The first-order valence-electron chi connectivity index (χ1n) is 10.2. The molecular formula is C22H28N4OS2. The molecule has 29 heavy (non-hydrogen) atoms. The van der Waals surface area contributed by atoms with Gasteiger partial charge < -0.3 is 9.88 Å². The molecule has 0 radical (unpaired) electrons. The summed E-state index contributed by atoms with van der Waals surface area (Å²) in [6, 6.07) is 10.2. The van der Waals surface area contributed by atoms with Gasteiger partial charge in [0.15, 0.2) is 11.0 Å². The Labute approximate surface area is 180 Å². The highest BCUT2D eigenvalue weighted by atomic mass is 32.2. The molecule has 0 saturated heterocycles. The van der Waals surface area contributed by atoms with E-state index >= 15 is 0 Å². The summed E-state index contributed by atoms with van der Waals surface area (Å²) in [7, 11) is 0. The van der Waals surface area contributed by atoms with Crippen molar-refractivity contribution in [3.63, 3.8) is 0 Å². The minimum absolute atomic E-state index is 0.0346. The van der Waals surface area contributed by atoms with E-state index in [9.17, 15) is 4.79 Å². The molecule has 1 aromatic carbocycles. The SMILES string of the molecule is CCCc1cc(-c2nnc(SCC(=O)Nc3ccc(CC)cc3)n2CCC)cs1. The lowest BCUT2D eigenvalue weighted by atomic mass is 10.1. The van der Waals surface area contributed by atoms with Crippen molar-refractivity contribution in [1.82, 2.24) is 14.8 Å². The predicted octanol–water partition coefficient (Wildman–Crippen LogP) is 5.66. The Balaban J connectivity index is 1.66. The lowest BCUT2D eigenvalue weighted by Gasteiger charge is -2.09. The Bertz CT molecular complexity index is 931. The molecule has 0 bridgehead atoms. The molecule has 7 heteroatoms. The second-order valence-corrected chi connectivity index (χ2v) is 8.84. The highest BCUT2D eigenvalue weighted by Gasteiger charge is 2.16. The highest BCUT2D eigenvalue weighted by molar-refractivity contribution is 7.99. The van der Waals surface area contributed by atoms with Crippen molar-refractivity contribution < 1.29 is 4.79 Å². The van der Waals surface area contributed by atoms with Crippen LogP contribution in [-0.2, 0) is 24.2 Å². The number of rotatable bonds is 10. The minimum Gasteiger partial charge on any atom is -0.325 e. The minimum atomic E-state index is -0.0346. The Hall–Kier alpha value is -2.12. The van der Waals surface area contributed by atoms with E-state index in [1.165, 1.54) is 22.2 Å². The van der Waals surface area contributed by atoms with Crippen LogP contribution in [0.2, 0.25) is 0 Å². The molecule has 154 valence electrons. The Morgan fingerprint density at radius 1 is 1.14 bits per heavy atom. The monoisotopic (exact) mass is 428 g/mol. The molecule has 1 amide bonds. The maximum Gasteiger partial charge on any atom is 0.234 e. The van der Waals surface area contributed by atoms with Crippen molar-refractivity contribution in [3.05, 3.63) is 46.2 Å². The quantitative estimate of drug-likeness (QED) is 0.423. The Kier molecular flexibility index (Phi) is 7.89. The number of carbonyl (C=O) groups excluding carboxylic acids is 1. The first-order valence-corrected chi connectivity index (χ1v) is 12.0. The summed E-state index contributed by atoms with van der Waals surface area (Å²) in [6.07, 6.45) is 4.21. The summed E-state index contributed by atoms with van der Waals surface area (Å²) in [4.78, 5) is 13.7. The molecule has 0 aliphatic carbocycles. The summed E-state index contributed by atoms with van der Waals surface area (Å²) in [5.41, 5.74) is 3.20. The van der Waals surface area contributed by atoms with Crippen molar-refractivity contribution in [2.24, 2.45) is 0 Å². The van der Waals surface area contributed by atoms with Gasteiger partial charge in [-0.25, -0.2) is 0 Å². The number of thiophene rings is 1.